The number of hydrogen-bond donors (Lipinski definition) is 1. The second-order valence-corrected chi connectivity index (χ2v) is 5.82. The van der Waals surface area contributed by atoms with Crippen LogP contribution in [0.4, 0.5) is 0 Å². The number of aryl methyl sites for hydroxylation is 1. The van der Waals surface area contributed by atoms with Crippen molar-refractivity contribution in [2.24, 2.45) is 7.05 Å². The van der Waals surface area contributed by atoms with Crippen LogP contribution >= 0.6 is 11.8 Å². The molecule has 1 aromatic carbocycles. The standard InChI is InChI=1S/C16H23N3S/c1-4-9-17-15(10-13-11-18-19(2)12-13)14-7-5-6-8-16(14)20-3/h5-8,11-12,15,17H,4,9-10H2,1-3H3. The minimum absolute atomic E-state index is 0.350. The van der Waals surface area contributed by atoms with Crippen molar-refractivity contribution in [2.75, 3.05) is 12.8 Å². The molecule has 0 fully saturated rings. The van der Waals surface area contributed by atoms with Gasteiger partial charge in [0.15, 0.2) is 0 Å². The molecule has 4 heteroatoms. The van der Waals surface area contributed by atoms with E-state index in [1.54, 1.807) is 0 Å². The lowest BCUT2D eigenvalue weighted by molar-refractivity contribution is 0.522. The third-order valence-corrected chi connectivity index (χ3v) is 4.16. The van der Waals surface area contributed by atoms with Crippen LogP contribution in [0.2, 0.25) is 0 Å². The van der Waals surface area contributed by atoms with Crippen LogP contribution < -0.4 is 5.32 Å². The maximum absolute atomic E-state index is 4.27. The number of nitrogens with one attached hydrogen (secondary N) is 1. The maximum atomic E-state index is 4.27. The van der Waals surface area contributed by atoms with Gasteiger partial charge >= 0.3 is 0 Å². The molecule has 3 nitrogen and oxygen atoms in total. The first-order valence-electron chi connectivity index (χ1n) is 7.08. The monoisotopic (exact) mass is 289 g/mol. The Kier molecular flexibility index (Phi) is 5.68. The lowest BCUT2D eigenvalue weighted by Gasteiger charge is -2.20. The summed E-state index contributed by atoms with van der Waals surface area (Å²) in [6.45, 7) is 3.24. The number of hydrogen-bond acceptors (Lipinski definition) is 3. The highest BCUT2D eigenvalue weighted by Gasteiger charge is 2.15. The quantitative estimate of drug-likeness (QED) is 0.792. The zero-order chi connectivity index (χ0) is 14.4. The van der Waals surface area contributed by atoms with Crippen LogP contribution in [0.25, 0.3) is 0 Å². The Morgan fingerprint density at radius 3 is 2.80 bits per heavy atom. The Balaban J connectivity index is 2.22. The molecule has 1 aromatic heterocycles. The Labute approximate surface area is 125 Å². The molecule has 0 radical (unpaired) electrons. The fourth-order valence-electron chi connectivity index (χ4n) is 2.38. The molecule has 0 bridgehead atoms. The summed E-state index contributed by atoms with van der Waals surface area (Å²) in [5, 5.41) is 7.94. The molecule has 0 saturated carbocycles. The number of aromatic nitrogens is 2. The van der Waals surface area contributed by atoms with Crippen LogP contribution in [0, 0.1) is 0 Å². The Hall–Kier alpha value is -1.26. The summed E-state index contributed by atoms with van der Waals surface area (Å²) in [5.74, 6) is 0. The van der Waals surface area contributed by atoms with Crippen LogP contribution in [0.3, 0.4) is 0 Å². The lowest BCUT2D eigenvalue weighted by Crippen LogP contribution is -2.24. The molecule has 1 atom stereocenters. The van der Waals surface area contributed by atoms with Gasteiger partial charge in [0.05, 0.1) is 6.20 Å². The fourth-order valence-corrected chi connectivity index (χ4v) is 3.04. The van der Waals surface area contributed by atoms with E-state index in [0.29, 0.717) is 6.04 Å². The first kappa shape index (κ1) is 15.1. The normalized spacial score (nSPS) is 12.6. The van der Waals surface area contributed by atoms with Gasteiger partial charge in [0.25, 0.3) is 0 Å². The molecule has 0 saturated heterocycles. The molecule has 1 unspecified atom stereocenters. The van der Waals surface area contributed by atoms with Crippen molar-refractivity contribution in [3.8, 4) is 0 Å². The number of thioether (sulfide) groups is 1. The average Bonchev–Trinajstić information content (AvgIpc) is 2.88. The first-order valence-corrected chi connectivity index (χ1v) is 8.31. The van der Waals surface area contributed by atoms with Crippen molar-refractivity contribution in [3.05, 3.63) is 47.8 Å². The molecule has 2 rings (SSSR count). The highest BCUT2D eigenvalue weighted by Crippen LogP contribution is 2.28. The summed E-state index contributed by atoms with van der Waals surface area (Å²) < 4.78 is 1.87. The molecule has 20 heavy (non-hydrogen) atoms. The fraction of sp³-hybridized carbons (Fsp3) is 0.438. The van der Waals surface area contributed by atoms with E-state index in [0.717, 1.165) is 19.4 Å². The molecule has 0 aliphatic carbocycles. The van der Waals surface area contributed by atoms with E-state index >= 15 is 0 Å². The summed E-state index contributed by atoms with van der Waals surface area (Å²) in [7, 11) is 1.97. The summed E-state index contributed by atoms with van der Waals surface area (Å²) in [4.78, 5) is 1.35. The van der Waals surface area contributed by atoms with Gasteiger partial charge in [0.1, 0.15) is 0 Å². The van der Waals surface area contributed by atoms with Gasteiger partial charge in [0.2, 0.25) is 0 Å². The van der Waals surface area contributed by atoms with Crippen LogP contribution in [-0.4, -0.2) is 22.6 Å². The zero-order valence-corrected chi connectivity index (χ0v) is 13.3. The Bertz CT molecular complexity index is 536. The minimum Gasteiger partial charge on any atom is -0.310 e. The van der Waals surface area contributed by atoms with E-state index in [9.17, 15) is 0 Å². The van der Waals surface area contributed by atoms with Crippen LogP contribution in [-0.2, 0) is 13.5 Å². The summed E-state index contributed by atoms with van der Waals surface area (Å²) >= 11 is 1.81. The van der Waals surface area contributed by atoms with E-state index in [2.05, 4.69) is 54.1 Å². The predicted molar refractivity (Wildman–Crippen MR) is 86.2 cm³/mol. The second kappa shape index (κ2) is 7.50. The van der Waals surface area contributed by atoms with Gasteiger partial charge in [-0.15, -0.1) is 11.8 Å². The van der Waals surface area contributed by atoms with Crippen molar-refractivity contribution in [2.45, 2.75) is 30.7 Å². The first-order chi connectivity index (χ1) is 9.74. The van der Waals surface area contributed by atoms with Gasteiger partial charge in [-0.25, -0.2) is 0 Å². The molecule has 0 amide bonds. The van der Waals surface area contributed by atoms with E-state index < -0.39 is 0 Å². The van der Waals surface area contributed by atoms with Crippen molar-refractivity contribution in [1.29, 1.82) is 0 Å². The Morgan fingerprint density at radius 1 is 1.35 bits per heavy atom. The van der Waals surface area contributed by atoms with E-state index in [4.69, 9.17) is 0 Å². The van der Waals surface area contributed by atoms with Gasteiger partial charge < -0.3 is 5.32 Å². The highest BCUT2D eigenvalue weighted by molar-refractivity contribution is 7.98. The van der Waals surface area contributed by atoms with Crippen molar-refractivity contribution in [3.63, 3.8) is 0 Å². The van der Waals surface area contributed by atoms with Gasteiger partial charge in [-0.05, 0) is 42.8 Å². The molecule has 0 aliphatic rings. The topological polar surface area (TPSA) is 29.9 Å². The largest absolute Gasteiger partial charge is 0.310 e. The van der Waals surface area contributed by atoms with Crippen molar-refractivity contribution < 1.29 is 0 Å². The molecule has 1 N–H and O–H groups in total. The van der Waals surface area contributed by atoms with E-state index in [-0.39, 0.29) is 0 Å². The second-order valence-electron chi connectivity index (χ2n) is 4.98. The smallest absolute Gasteiger partial charge is 0.0522 e. The molecule has 1 heterocycles. The molecule has 108 valence electrons. The lowest BCUT2D eigenvalue weighted by atomic mass is 10.0. The number of rotatable bonds is 7. The van der Waals surface area contributed by atoms with Gasteiger partial charge in [-0.1, -0.05) is 25.1 Å². The molecule has 2 aromatic rings. The van der Waals surface area contributed by atoms with Crippen molar-refractivity contribution >= 4 is 11.8 Å². The average molecular weight is 289 g/mol. The predicted octanol–water partition coefficient (Wildman–Crippen LogP) is 3.43. The highest BCUT2D eigenvalue weighted by atomic mass is 32.2. The van der Waals surface area contributed by atoms with E-state index in [1.807, 2.05) is 29.7 Å². The molecule has 0 aliphatic heterocycles. The van der Waals surface area contributed by atoms with Crippen LogP contribution in [0.1, 0.15) is 30.5 Å². The molecular formula is C16H23N3S. The Morgan fingerprint density at radius 2 is 2.15 bits per heavy atom. The summed E-state index contributed by atoms with van der Waals surface area (Å²) in [6.07, 6.45) is 8.32. The molecule has 0 spiro atoms. The third-order valence-electron chi connectivity index (χ3n) is 3.35. The van der Waals surface area contributed by atoms with Gasteiger partial charge in [-0.2, -0.15) is 5.10 Å². The summed E-state index contributed by atoms with van der Waals surface area (Å²) in [6, 6.07) is 9.01. The maximum Gasteiger partial charge on any atom is 0.0522 e. The van der Waals surface area contributed by atoms with E-state index in [1.165, 1.54) is 16.0 Å². The van der Waals surface area contributed by atoms with Gasteiger partial charge in [0, 0.05) is 24.2 Å². The number of nitrogens with zero attached hydrogens (tertiary/aromatic N) is 2. The SMILES string of the molecule is CCCNC(Cc1cnn(C)c1)c1ccccc1SC. The minimum atomic E-state index is 0.350. The summed E-state index contributed by atoms with van der Waals surface area (Å²) in [5.41, 5.74) is 2.66. The molecular weight excluding hydrogens is 266 g/mol. The number of benzene rings is 1. The van der Waals surface area contributed by atoms with Gasteiger partial charge in [-0.3, -0.25) is 4.68 Å². The van der Waals surface area contributed by atoms with Crippen LogP contribution in [0.5, 0.6) is 0 Å². The zero-order valence-electron chi connectivity index (χ0n) is 12.5. The van der Waals surface area contributed by atoms with Crippen LogP contribution in [0.15, 0.2) is 41.6 Å². The van der Waals surface area contributed by atoms with Crippen molar-refractivity contribution in [1.82, 2.24) is 15.1 Å². The third kappa shape index (κ3) is 3.87.